The van der Waals surface area contributed by atoms with Crippen LogP contribution in [0.4, 0.5) is 15.8 Å². The number of hydrogen-bond acceptors (Lipinski definition) is 4. The Bertz CT molecular complexity index is 889. The van der Waals surface area contributed by atoms with Gasteiger partial charge in [0, 0.05) is 17.6 Å². The van der Waals surface area contributed by atoms with E-state index in [1.54, 1.807) is 6.07 Å². The van der Waals surface area contributed by atoms with E-state index in [2.05, 4.69) is 20.7 Å². The van der Waals surface area contributed by atoms with Crippen LogP contribution in [0.15, 0.2) is 45.8 Å². The Labute approximate surface area is 158 Å². The second-order valence-electron chi connectivity index (χ2n) is 5.44. The maximum atomic E-state index is 13.3. The molecule has 5 nitrogen and oxygen atoms in total. The van der Waals surface area contributed by atoms with Crippen molar-refractivity contribution in [3.05, 3.63) is 51.7 Å². The van der Waals surface area contributed by atoms with Crippen molar-refractivity contribution in [2.75, 3.05) is 35.9 Å². The minimum atomic E-state index is -3.91. The lowest BCUT2D eigenvalue weighted by Crippen LogP contribution is -2.36. The molecule has 134 valence electrons. The van der Waals surface area contributed by atoms with E-state index in [0.717, 1.165) is 22.3 Å². The third kappa shape index (κ3) is 4.25. The van der Waals surface area contributed by atoms with Gasteiger partial charge in [0.15, 0.2) is 0 Å². The highest BCUT2D eigenvalue weighted by Gasteiger charge is 2.21. The number of anilines is 2. The summed E-state index contributed by atoms with van der Waals surface area (Å²) < 4.78 is 47.3. The summed E-state index contributed by atoms with van der Waals surface area (Å²) in [7, 11) is -3.91. The summed E-state index contributed by atoms with van der Waals surface area (Å²) in [6.07, 6.45) is 0. The lowest BCUT2D eigenvalue weighted by atomic mass is 10.2. The largest absolute Gasteiger partial charge is 0.378 e. The molecule has 0 saturated carbocycles. The molecule has 3 rings (SSSR count). The second-order valence-corrected chi connectivity index (χ2v) is 8.45. The summed E-state index contributed by atoms with van der Waals surface area (Å²) in [5.74, 6) is -0.669. The molecule has 0 bridgehead atoms. The molecular weight excluding hydrogens is 435 g/mol. The predicted octanol–water partition coefficient (Wildman–Crippen LogP) is 3.88. The van der Waals surface area contributed by atoms with Crippen LogP contribution < -0.4 is 9.62 Å². The summed E-state index contributed by atoms with van der Waals surface area (Å²) >= 11 is 9.06. The maximum absolute atomic E-state index is 13.3. The van der Waals surface area contributed by atoms with Crippen molar-refractivity contribution in [2.45, 2.75) is 4.90 Å². The van der Waals surface area contributed by atoms with Gasteiger partial charge in [-0.15, -0.1) is 0 Å². The van der Waals surface area contributed by atoms with Gasteiger partial charge in [0.05, 0.1) is 34.5 Å². The molecule has 1 saturated heterocycles. The fraction of sp³-hybridized carbons (Fsp3) is 0.250. The van der Waals surface area contributed by atoms with E-state index in [0.29, 0.717) is 32.0 Å². The molecule has 1 aliphatic rings. The Morgan fingerprint density at radius 1 is 1.16 bits per heavy atom. The number of hydrogen-bond donors (Lipinski definition) is 1. The quantitative estimate of drug-likeness (QED) is 0.770. The molecule has 1 heterocycles. The molecule has 0 aromatic heterocycles. The zero-order valence-electron chi connectivity index (χ0n) is 13.0. The lowest BCUT2D eigenvalue weighted by molar-refractivity contribution is 0.123. The first-order valence-electron chi connectivity index (χ1n) is 7.47. The second kappa shape index (κ2) is 7.49. The first kappa shape index (κ1) is 18.4. The normalized spacial score (nSPS) is 15.2. The summed E-state index contributed by atoms with van der Waals surface area (Å²) in [5, 5.41) is -0.245. The van der Waals surface area contributed by atoms with Gasteiger partial charge in [-0.2, -0.15) is 0 Å². The minimum Gasteiger partial charge on any atom is -0.378 e. The van der Waals surface area contributed by atoms with Crippen molar-refractivity contribution in [3.63, 3.8) is 0 Å². The SMILES string of the molecule is O=S(=O)(Nc1cc(Br)ccc1N1CCOCC1)c1ccc(F)c(Cl)c1. The van der Waals surface area contributed by atoms with Crippen LogP contribution >= 0.6 is 27.5 Å². The van der Waals surface area contributed by atoms with Crippen molar-refractivity contribution in [1.82, 2.24) is 0 Å². The third-order valence-corrected chi connectivity index (χ3v) is 5.90. The van der Waals surface area contributed by atoms with Crippen LogP contribution in [0.3, 0.4) is 0 Å². The molecule has 25 heavy (non-hydrogen) atoms. The van der Waals surface area contributed by atoms with Crippen molar-refractivity contribution < 1.29 is 17.5 Å². The number of nitrogens with zero attached hydrogens (tertiary/aromatic N) is 1. The van der Waals surface area contributed by atoms with Crippen LogP contribution in [0.2, 0.25) is 5.02 Å². The van der Waals surface area contributed by atoms with Crippen LogP contribution in [0.5, 0.6) is 0 Å². The van der Waals surface area contributed by atoms with Gasteiger partial charge in [0.1, 0.15) is 5.82 Å². The topological polar surface area (TPSA) is 58.6 Å². The van der Waals surface area contributed by atoms with Crippen molar-refractivity contribution >= 4 is 48.9 Å². The molecule has 2 aromatic rings. The standard InChI is InChI=1S/C16H15BrClFN2O3S/c17-11-1-4-16(21-5-7-24-8-6-21)15(9-11)20-25(22,23)12-2-3-14(19)13(18)10-12/h1-4,9-10,20H,5-8H2. The smallest absolute Gasteiger partial charge is 0.262 e. The van der Waals surface area contributed by atoms with Gasteiger partial charge >= 0.3 is 0 Å². The fourth-order valence-electron chi connectivity index (χ4n) is 2.52. The lowest BCUT2D eigenvalue weighted by Gasteiger charge is -2.30. The first-order valence-corrected chi connectivity index (χ1v) is 10.1. The number of sulfonamides is 1. The number of ether oxygens (including phenoxy) is 1. The summed E-state index contributed by atoms with van der Waals surface area (Å²) in [4.78, 5) is 1.94. The fourth-order valence-corrected chi connectivity index (χ4v) is 4.22. The molecule has 0 amide bonds. The number of halogens is 3. The monoisotopic (exact) mass is 448 g/mol. The van der Waals surface area contributed by atoms with Crippen molar-refractivity contribution in [1.29, 1.82) is 0 Å². The van der Waals surface area contributed by atoms with Crippen LogP contribution in [-0.2, 0) is 14.8 Å². The molecule has 1 fully saturated rings. The van der Waals surface area contributed by atoms with Gasteiger partial charge in [-0.25, -0.2) is 12.8 Å². The highest BCUT2D eigenvalue weighted by atomic mass is 79.9. The Morgan fingerprint density at radius 3 is 2.56 bits per heavy atom. The van der Waals surface area contributed by atoms with E-state index < -0.39 is 15.8 Å². The predicted molar refractivity (Wildman–Crippen MR) is 99.4 cm³/mol. The Hall–Kier alpha value is -1.35. The zero-order valence-corrected chi connectivity index (χ0v) is 16.2. The van der Waals surface area contributed by atoms with E-state index in [4.69, 9.17) is 16.3 Å². The van der Waals surface area contributed by atoms with Crippen LogP contribution in [0.1, 0.15) is 0 Å². The molecule has 9 heteroatoms. The molecule has 0 unspecified atom stereocenters. The van der Waals surface area contributed by atoms with Gasteiger partial charge in [0.25, 0.3) is 10.0 Å². The zero-order chi connectivity index (χ0) is 18.0. The van der Waals surface area contributed by atoms with E-state index >= 15 is 0 Å². The van der Waals surface area contributed by atoms with E-state index in [9.17, 15) is 12.8 Å². The molecule has 0 radical (unpaired) electrons. The maximum Gasteiger partial charge on any atom is 0.262 e. The van der Waals surface area contributed by atoms with Crippen LogP contribution in [-0.4, -0.2) is 34.7 Å². The van der Waals surface area contributed by atoms with Gasteiger partial charge in [-0.1, -0.05) is 27.5 Å². The Morgan fingerprint density at radius 2 is 1.88 bits per heavy atom. The average molecular weight is 450 g/mol. The average Bonchev–Trinajstić information content (AvgIpc) is 2.58. The number of morpholine rings is 1. The van der Waals surface area contributed by atoms with E-state index in [1.165, 1.54) is 6.07 Å². The number of rotatable bonds is 4. The summed E-state index contributed by atoms with van der Waals surface area (Å²) in [5.41, 5.74) is 1.18. The summed E-state index contributed by atoms with van der Waals surface area (Å²) in [6.45, 7) is 2.49. The molecule has 2 aromatic carbocycles. The third-order valence-electron chi connectivity index (χ3n) is 3.76. The number of benzene rings is 2. The first-order chi connectivity index (χ1) is 11.9. The summed E-state index contributed by atoms with van der Waals surface area (Å²) in [6, 6.07) is 8.66. The molecule has 1 aliphatic heterocycles. The van der Waals surface area contributed by atoms with Crippen molar-refractivity contribution in [2.24, 2.45) is 0 Å². The molecule has 0 aliphatic carbocycles. The minimum absolute atomic E-state index is 0.105. The Kier molecular flexibility index (Phi) is 5.52. The Balaban J connectivity index is 1.95. The van der Waals surface area contributed by atoms with Gasteiger partial charge in [-0.3, -0.25) is 4.72 Å². The van der Waals surface area contributed by atoms with Crippen molar-refractivity contribution in [3.8, 4) is 0 Å². The molecule has 1 N–H and O–H groups in total. The molecule has 0 atom stereocenters. The van der Waals surface area contributed by atoms with E-state index in [-0.39, 0.29) is 9.92 Å². The van der Waals surface area contributed by atoms with Gasteiger partial charge in [-0.05, 0) is 36.4 Å². The van der Waals surface area contributed by atoms with Crippen LogP contribution in [0, 0.1) is 5.82 Å². The van der Waals surface area contributed by atoms with Gasteiger partial charge < -0.3 is 9.64 Å². The molecular formula is C16H15BrClFN2O3S. The highest BCUT2D eigenvalue weighted by molar-refractivity contribution is 9.10. The van der Waals surface area contributed by atoms with Crippen LogP contribution in [0.25, 0.3) is 0 Å². The van der Waals surface area contributed by atoms with Gasteiger partial charge in [0.2, 0.25) is 0 Å². The highest BCUT2D eigenvalue weighted by Crippen LogP contribution is 2.32. The molecule has 0 spiro atoms. The number of nitrogens with one attached hydrogen (secondary N) is 1. The van der Waals surface area contributed by atoms with E-state index in [1.807, 2.05) is 17.0 Å².